The Balaban J connectivity index is 1.77. The van der Waals surface area contributed by atoms with Gasteiger partial charge in [-0.2, -0.15) is 0 Å². The van der Waals surface area contributed by atoms with Gasteiger partial charge in [-0.1, -0.05) is 43.3 Å². The number of hydrogen-bond acceptors (Lipinski definition) is 2. The highest BCUT2D eigenvalue weighted by molar-refractivity contribution is 8.00. The summed E-state index contributed by atoms with van der Waals surface area (Å²) in [6.45, 7) is 2.09. The normalized spacial score (nSPS) is 14.7. The third-order valence-corrected chi connectivity index (χ3v) is 5.43. The van der Waals surface area contributed by atoms with Gasteiger partial charge in [-0.05, 0) is 48.9 Å². The molecule has 2 aromatic rings. The van der Waals surface area contributed by atoms with Crippen molar-refractivity contribution < 1.29 is 4.79 Å². The number of carbonyl (C=O) groups excluding carboxylic acids is 1. The third-order valence-electron chi connectivity index (χ3n) is 4.07. The zero-order valence-corrected chi connectivity index (χ0v) is 13.2. The van der Waals surface area contributed by atoms with Gasteiger partial charge in [0.2, 0.25) is 0 Å². The molecule has 0 aliphatic heterocycles. The number of thioether (sulfide) groups is 1. The van der Waals surface area contributed by atoms with Gasteiger partial charge in [0.1, 0.15) is 0 Å². The maximum atomic E-state index is 12.6. The van der Waals surface area contributed by atoms with Crippen LogP contribution in [0.5, 0.6) is 0 Å². The van der Waals surface area contributed by atoms with Crippen LogP contribution in [0, 0.1) is 0 Å². The summed E-state index contributed by atoms with van der Waals surface area (Å²) in [5.41, 5.74) is 3.78. The predicted molar refractivity (Wildman–Crippen MR) is 89.2 cm³/mol. The Morgan fingerprint density at radius 3 is 2.62 bits per heavy atom. The van der Waals surface area contributed by atoms with Crippen molar-refractivity contribution in [3.8, 4) is 0 Å². The Hall–Kier alpha value is -1.54. The van der Waals surface area contributed by atoms with Crippen LogP contribution in [-0.4, -0.2) is 11.0 Å². The highest BCUT2D eigenvalue weighted by Crippen LogP contribution is 2.32. The van der Waals surface area contributed by atoms with Gasteiger partial charge in [-0.3, -0.25) is 4.79 Å². The first-order chi connectivity index (χ1) is 10.3. The van der Waals surface area contributed by atoms with Crippen LogP contribution < -0.4 is 0 Å². The Bertz CT molecular complexity index is 633. The van der Waals surface area contributed by atoms with E-state index >= 15 is 0 Å². The van der Waals surface area contributed by atoms with E-state index in [0.29, 0.717) is 0 Å². The van der Waals surface area contributed by atoms with Crippen LogP contribution in [0.1, 0.15) is 41.3 Å². The molecule has 0 saturated carbocycles. The van der Waals surface area contributed by atoms with Gasteiger partial charge in [0.15, 0.2) is 5.78 Å². The van der Waals surface area contributed by atoms with Gasteiger partial charge in [0.25, 0.3) is 0 Å². The van der Waals surface area contributed by atoms with Crippen LogP contribution in [0.2, 0.25) is 0 Å². The zero-order chi connectivity index (χ0) is 14.7. The lowest BCUT2D eigenvalue weighted by molar-refractivity contribution is 0.0988. The SMILES string of the molecule is CCC(Sc1ccc2c(c1)CCC2)C(=O)c1ccccc1. The van der Waals surface area contributed by atoms with E-state index in [2.05, 4.69) is 25.1 Å². The highest BCUT2D eigenvalue weighted by Gasteiger charge is 2.20. The number of ketones is 1. The maximum Gasteiger partial charge on any atom is 0.176 e. The van der Waals surface area contributed by atoms with E-state index in [1.807, 2.05) is 30.3 Å². The number of fused-ring (bicyclic) bond motifs is 1. The van der Waals surface area contributed by atoms with Gasteiger partial charge >= 0.3 is 0 Å². The first-order valence-electron chi connectivity index (χ1n) is 7.65. The molecule has 3 rings (SSSR count). The Labute approximate surface area is 130 Å². The molecule has 0 spiro atoms. The third kappa shape index (κ3) is 3.21. The summed E-state index contributed by atoms with van der Waals surface area (Å²) in [6.07, 6.45) is 4.52. The predicted octanol–water partition coefficient (Wildman–Crippen LogP) is 4.93. The number of hydrogen-bond donors (Lipinski definition) is 0. The molecule has 0 fully saturated rings. The molecule has 1 aliphatic carbocycles. The second-order valence-electron chi connectivity index (χ2n) is 5.53. The molecule has 0 aromatic heterocycles. The summed E-state index contributed by atoms with van der Waals surface area (Å²) in [7, 11) is 0. The van der Waals surface area contributed by atoms with Gasteiger partial charge in [0, 0.05) is 10.5 Å². The van der Waals surface area contributed by atoms with Gasteiger partial charge in [0.05, 0.1) is 5.25 Å². The molecule has 108 valence electrons. The first kappa shape index (κ1) is 14.4. The molecule has 0 saturated heterocycles. The monoisotopic (exact) mass is 296 g/mol. The lowest BCUT2D eigenvalue weighted by atomic mass is 10.1. The minimum absolute atomic E-state index is 0.00635. The Morgan fingerprint density at radius 1 is 1.10 bits per heavy atom. The second-order valence-corrected chi connectivity index (χ2v) is 6.81. The average molecular weight is 296 g/mol. The maximum absolute atomic E-state index is 12.6. The van der Waals surface area contributed by atoms with Crippen LogP contribution in [0.25, 0.3) is 0 Å². The van der Waals surface area contributed by atoms with Crippen molar-refractivity contribution in [1.29, 1.82) is 0 Å². The number of Topliss-reactive ketones (excluding diaryl/α,β-unsaturated/α-hetero) is 1. The zero-order valence-electron chi connectivity index (χ0n) is 12.3. The van der Waals surface area contributed by atoms with E-state index in [9.17, 15) is 4.79 Å². The molecule has 0 amide bonds. The molecule has 0 bridgehead atoms. The van der Waals surface area contributed by atoms with Crippen molar-refractivity contribution in [2.24, 2.45) is 0 Å². The fourth-order valence-electron chi connectivity index (χ4n) is 2.90. The summed E-state index contributed by atoms with van der Waals surface area (Å²) in [6, 6.07) is 16.3. The lowest BCUT2D eigenvalue weighted by Gasteiger charge is -2.14. The fraction of sp³-hybridized carbons (Fsp3) is 0.316. The standard InChI is InChI=1S/C19H20OS/c1-2-18(19(20)15-7-4-3-5-8-15)21-17-12-11-14-9-6-10-16(14)13-17/h3-5,7-8,11-13,18H,2,6,9-10H2,1H3. The van der Waals surface area contributed by atoms with Crippen molar-refractivity contribution >= 4 is 17.5 Å². The smallest absolute Gasteiger partial charge is 0.176 e. The van der Waals surface area contributed by atoms with Crippen molar-refractivity contribution in [3.05, 3.63) is 65.2 Å². The van der Waals surface area contributed by atoms with E-state index in [4.69, 9.17) is 0 Å². The van der Waals surface area contributed by atoms with Crippen LogP contribution in [0.4, 0.5) is 0 Å². The summed E-state index contributed by atoms with van der Waals surface area (Å²) < 4.78 is 0. The molecule has 0 N–H and O–H groups in total. The quantitative estimate of drug-likeness (QED) is 0.575. The molecule has 2 aromatic carbocycles. The fourth-order valence-corrected chi connectivity index (χ4v) is 3.99. The largest absolute Gasteiger partial charge is 0.293 e. The minimum Gasteiger partial charge on any atom is -0.293 e. The molecular formula is C19H20OS. The number of aryl methyl sites for hydroxylation is 2. The topological polar surface area (TPSA) is 17.1 Å². The molecule has 1 unspecified atom stereocenters. The first-order valence-corrected chi connectivity index (χ1v) is 8.53. The molecule has 1 nitrogen and oxygen atoms in total. The average Bonchev–Trinajstić information content (AvgIpc) is 3.00. The Kier molecular flexibility index (Phi) is 4.45. The van der Waals surface area contributed by atoms with E-state index in [1.54, 1.807) is 11.8 Å². The van der Waals surface area contributed by atoms with Crippen molar-refractivity contribution in [1.82, 2.24) is 0 Å². The van der Waals surface area contributed by atoms with E-state index in [-0.39, 0.29) is 11.0 Å². The molecule has 0 heterocycles. The van der Waals surface area contributed by atoms with E-state index in [0.717, 1.165) is 12.0 Å². The molecule has 2 heteroatoms. The molecule has 21 heavy (non-hydrogen) atoms. The summed E-state index contributed by atoms with van der Waals surface area (Å²) in [4.78, 5) is 13.8. The Morgan fingerprint density at radius 2 is 1.86 bits per heavy atom. The number of carbonyl (C=O) groups is 1. The molecule has 0 radical (unpaired) electrons. The van der Waals surface area contributed by atoms with Crippen molar-refractivity contribution in [3.63, 3.8) is 0 Å². The molecular weight excluding hydrogens is 276 g/mol. The number of benzene rings is 2. The lowest BCUT2D eigenvalue weighted by Crippen LogP contribution is -2.16. The van der Waals surface area contributed by atoms with Crippen LogP contribution in [-0.2, 0) is 12.8 Å². The van der Waals surface area contributed by atoms with Crippen molar-refractivity contribution in [2.45, 2.75) is 42.8 Å². The summed E-state index contributed by atoms with van der Waals surface area (Å²) in [5.74, 6) is 0.239. The molecule has 1 aliphatic rings. The summed E-state index contributed by atoms with van der Waals surface area (Å²) >= 11 is 1.71. The number of rotatable bonds is 5. The van der Waals surface area contributed by atoms with E-state index < -0.39 is 0 Å². The summed E-state index contributed by atoms with van der Waals surface area (Å²) in [5, 5.41) is 0.00635. The molecule has 1 atom stereocenters. The van der Waals surface area contributed by atoms with E-state index in [1.165, 1.54) is 35.3 Å². The van der Waals surface area contributed by atoms with Crippen LogP contribution >= 0.6 is 11.8 Å². The minimum atomic E-state index is 0.00635. The highest BCUT2D eigenvalue weighted by atomic mass is 32.2. The van der Waals surface area contributed by atoms with Gasteiger partial charge in [-0.25, -0.2) is 0 Å². The van der Waals surface area contributed by atoms with Crippen LogP contribution in [0.15, 0.2) is 53.4 Å². The van der Waals surface area contributed by atoms with Crippen LogP contribution in [0.3, 0.4) is 0 Å². The second kappa shape index (κ2) is 6.48. The van der Waals surface area contributed by atoms with Crippen molar-refractivity contribution in [2.75, 3.05) is 0 Å². The van der Waals surface area contributed by atoms with Gasteiger partial charge in [-0.15, -0.1) is 11.8 Å². The van der Waals surface area contributed by atoms with Gasteiger partial charge < -0.3 is 0 Å².